The molecule has 26 heteroatoms. The Bertz CT molecular complexity index is 1170. The van der Waals surface area contributed by atoms with E-state index < -0.39 is 52.0 Å². The molecule has 0 heterocycles. The smallest absolute Gasteiger partial charge is 0.396 e. The van der Waals surface area contributed by atoms with Gasteiger partial charge in [0, 0.05) is 140 Å². The normalized spacial score (nSPS) is 12.9. The topological polar surface area (TPSA) is 177 Å². The molecular formula is C54H131FNO18Si6+. The summed E-state index contributed by atoms with van der Waals surface area (Å²) in [5.74, 6) is 0. The van der Waals surface area contributed by atoms with Crippen LogP contribution in [0, 0.1) is 0 Å². The van der Waals surface area contributed by atoms with Crippen LogP contribution in [-0.4, -0.2) is 212 Å². The Morgan fingerprint density at radius 3 is 0.850 bits per heavy atom. The van der Waals surface area contributed by atoms with Crippen molar-refractivity contribution in [3.05, 3.63) is 0 Å². The second kappa shape index (κ2) is 57.2. The average Bonchev–Trinajstić information content (AvgIpc) is 3.43. The minimum absolute atomic E-state index is 0.0553. The predicted octanol–water partition coefficient (Wildman–Crippen LogP) is 12.4. The highest BCUT2D eigenvalue weighted by Gasteiger charge is 2.72. The van der Waals surface area contributed by atoms with Crippen molar-refractivity contribution in [3.63, 3.8) is 0 Å². The molecule has 0 aliphatic carbocycles. The molecule has 0 bridgehead atoms. The Morgan fingerprint density at radius 2 is 0.637 bits per heavy atom. The third-order valence-electron chi connectivity index (χ3n) is 12.7. The zero-order chi connectivity index (χ0) is 62.3. The molecule has 0 aliphatic heterocycles. The summed E-state index contributed by atoms with van der Waals surface area (Å²) in [7, 11) is 2.76. The second-order valence-corrected chi connectivity index (χ2v) is 39.0. The van der Waals surface area contributed by atoms with Gasteiger partial charge in [0.25, 0.3) is 0 Å². The van der Waals surface area contributed by atoms with Gasteiger partial charge in [0.05, 0.1) is 33.9 Å². The van der Waals surface area contributed by atoms with Crippen LogP contribution < -0.4 is 0 Å². The second-order valence-electron chi connectivity index (χ2n) is 19.6. The Morgan fingerprint density at radius 1 is 0.362 bits per heavy atom. The summed E-state index contributed by atoms with van der Waals surface area (Å²) < 4.78 is 107. The van der Waals surface area contributed by atoms with Crippen molar-refractivity contribution < 1.29 is 88.9 Å². The summed E-state index contributed by atoms with van der Waals surface area (Å²) in [5.41, 5.74) is 0.352. The van der Waals surface area contributed by atoms with Gasteiger partial charge in [-0.3, -0.25) is 0 Å². The number of quaternary nitrogens is 1. The van der Waals surface area contributed by atoms with Gasteiger partial charge in [-0.05, 0) is 68.7 Å². The fourth-order valence-electron chi connectivity index (χ4n) is 8.39. The molecule has 0 aromatic carbocycles. The highest BCUT2D eigenvalue weighted by molar-refractivity contribution is 7.26. The lowest BCUT2D eigenvalue weighted by molar-refractivity contribution is -0.870. The standard InChI is InChI=1S/C21H46O3Si.C12H30O6Si2.C9H24NO3Si.C6H15FO3Si.C6H16O3Si/c1-5-6-7-8-9-10-11-12-13-14-15-16-17-18-19-21(2)25(20-22,23-3)24-4;1-7-13-19(14-8-2,15-9-3)20(16-10-4,17-11-5)18-12-6;1-10(2,3)8-7-9-14(11-4,12-5)13-6;1-4-8-11(7,9-5-2)10-6-3;1-5-6-10(7-2,8-3)9-4/h21-22H,5-20H2,1-4H3;7-12H2,1-6H3;7-9H2,1-6H3;4-6H2,1-3H3;5-6H2,1-4H3/q;;+1;;. The number of halogens is 1. The van der Waals surface area contributed by atoms with E-state index in [2.05, 4.69) is 41.9 Å². The molecule has 1 N–H and O–H groups in total. The first kappa shape index (κ1) is 89.2. The minimum Gasteiger partial charge on any atom is -0.396 e. The van der Waals surface area contributed by atoms with Crippen molar-refractivity contribution in [3.8, 4) is 0 Å². The van der Waals surface area contributed by atoms with Gasteiger partial charge in [0.1, 0.15) is 0 Å². The molecule has 0 aromatic rings. The maximum atomic E-state index is 13.3. The van der Waals surface area contributed by atoms with Gasteiger partial charge in [0.15, 0.2) is 0 Å². The van der Waals surface area contributed by atoms with Crippen LogP contribution in [0.2, 0.25) is 17.6 Å². The van der Waals surface area contributed by atoms with Crippen LogP contribution in [0.3, 0.4) is 0 Å². The van der Waals surface area contributed by atoms with Crippen LogP contribution in [0.15, 0.2) is 0 Å². The van der Waals surface area contributed by atoms with Crippen molar-refractivity contribution >= 4 is 52.0 Å². The Labute approximate surface area is 498 Å². The van der Waals surface area contributed by atoms with Crippen molar-refractivity contribution in [1.29, 1.82) is 0 Å². The molecule has 80 heavy (non-hydrogen) atoms. The molecule has 0 radical (unpaired) electrons. The molecule has 0 spiro atoms. The van der Waals surface area contributed by atoms with E-state index in [1.807, 2.05) is 41.5 Å². The van der Waals surface area contributed by atoms with Crippen LogP contribution in [0.4, 0.5) is 4.11 Å². The zero-order valence-electron chi connectivity index (χ0n) is 56.0. The summed E-state index contributed by atoms with van der Waals surface area (Å²) in [6, 6.07) is 1.77. The van der Waals surface area contributed by atoms with E-state index in [0.717, 1.165) is 42.4 Å². The quantitative estimate of drug-likeness (QED) is 0.0263. The van der Waals surface area contributed by atoms with Crippen LogP contribution in [0.25, 0.3) is 0 Å². The lowest BCUT2D eigenvalue weighted by Crippen LogP contribution is -2.74. The summed E-state index contributed by atoms with van der Waals surface area (Å²) in [5, 5.41) is 9.57. The Hall–Kier alpha value is 0.471. The summed E-state index contributed by atoms with van der Waals surface area (Å²) >= 11 is 0. The molecule has 0 amide bonds. The maximum absolute atomic E-state index is 13.3. The maximum Gasteiger partial charge on any atom is 0.720 e. The highest BCUT2D eigenvalue weighted by Crippen LogP contribution is 2.29. The SMILES string of the molecule is CCCCCCCCCCCCCCCCC(C)[Si](CO)(OC)OC.CCC[Si](OC)(OC)OC.CCO[Si](F)(OCC)OCC.CCO[Si](OCC)(OCC)[Si](OCC)(OCC)OCC.CO[Si](CCC[N+](C)(C)C)(OC)OC. The van der Waals surface area contributed by atoms with E-state index >= 15 is 0 Å². The molecule has 0 fully saturated rings. The van der Waals surface area contributed by atoms with Crippen molar-refractivity contribution in [1.82, 2.24) is 0 Å². The molecule has 19 nitrogen and oxygen atoms in total. The molecule has 1 atom stereocenters. The van der Waals surface area contributed by atoms with Crippen molar-refractivity contribution in [2.75, 3.05) is 150 Å². The first-order valence-corrected chi connectivity index (χ1v) is 42.4. The fourth-order valence-corrected chi connectivity index (χ4v) is 24.9. The van der Waals surface area contributed by atoms with Gasteiger partial charge in [0.2, 0.25) is 0 Å². The molecular weight excluding hydrogens is 1140 g/mol. The van der Waals surface area contributed by atoms with Crippen molar-refractivity contribution in [2.24, 2.45) is 0 Å². The minimum atomic E-state index is -3.75. The summed E-state index contributed by atoms with van der Waals surface area (Å²) in [6.07, 6.45) is 22.7. The molecule has 0 aromatic heterocycles. The largest absolute Gasteiger partial charge is 0.720 e. The summed E-state index contributed by atoms with van der Waals surface area (Å²) in [4.78, 5) is 0. The van der Waals surface area contributed by atoms with E-state index in [-0.39, 0.29) is 26.1 Å². The van der Waals surface area contributed by atoms with Gasteiger partial charge in [-0.2, -0.15) is 0 Å². The van der Waals surface area contributed by atoms with Gasteiger partial charge >= 0.3 is 52.0 Å². The zero-order valence-corrected chi connectivity index (χ0v) is 62.0. The lowest BCUT2D eigenvalue weighted by Gasteiger charge is -2.39. The number of aliphatic hydroxyl groups is 1. The number of unbranched alkanes of at least 4 members (excludes halogenated alkanes) is 13. The Kier molecular flexibility index (Phi) is 63.8. The fraction of sp³-hybridized carbons (Fsp3) is 1.00. The number of hydrogen-bond acceptors (Lipinski definition) is 18. The number of hydrogen-bond donors (Lipinski definition) is 1. The predicted molar refractivity (Wildman–Crippen MR) is 335 cm³/mol. The van der Waals surface area contributed by atoms with Crippen LogP contribution in [0.1, 0.15) is 192 Å². The molecule has 0 saturated carbocycles. The highest BCUT2D eigenvalue weighted by atomic mass is 29.3. The van der Waals surface area contributed by atoms with E-state index in [1.54, 1.807) is 77.6 Å². The van der Waals surface area contributed by atoms with Crippen LogP contribution in [0.5, 0.6) is 0 Å². The van der Waals surface area contributed by atoms with Crippen molar-refractivity contribution in [2.45, 2.75) is 210 Å². The van der Waals surface area contributed by atoms with Gasteiger partial charge in [-0.25, -0.2) is 4.11 Å². The first-order chi connectivity index (χ1) is 38.1. The van der Waals surface area contributed by atoms with Crippen LogP contribution >= 0.6 is 0 Å². The lowest BCUT2D eigenvalue weighted by atomic mass is 10.0. The number of aliphatic hydroxyl groups excluding tert-OH is 1. The first-order valence-electron chi connectivity index (χ1n) is 30.4. The van der Waals surface area contributed by atoms with E-state index in [1.165, 1.54) is 89.9 Å². The Balaban J connectivity index is -0.000000306. The van der Waals surface area contributed by atoms with Gasteiger partial charge < -0.3 is 84.8 Å². The average molecular weight is 1270 g/mol. The van der Waals surface area contributed by atoms with Crippen LogP contribution in [-0.2, 0) is 75.2 Å². The molecule has 1 unspecified atom stereocenters. The van der Waals surface area contributed by atoms with Gasteiger partial charge in [-0.15, -0.1) is 0 Å². The molecule has 0 aliphatic rings. The number of rotatable bonds is 50. The number of nitrogens with zero attached hydrogens (tertiary/aromatic N) is 1. The van der Waals surface area contributed by atoms with E-state index in [0.29, 0.717) is 45.2 Å². The van der Waals surface area contributed by atoms with E-state index in [4.69, 9.17) is 75.2 Å². The third-order valence-corrected chi connectivity index (χ3v) is 33.7. The molecule has 490 valence electrons. The van der Waals surface area contributed by atoms with Gasteiger partial charge in [-0.1, -0.05) is 117 Å². The summed E-state index contributed by atoms with van der Waals surface area (Å²) in [6.45, 7) is 27.8. The third kappa shape index (κ3) is 41.5. The molecule has 0 saturated heterocycles. The molecule has 0 rings (SSSR count). The monoisotopic (exact) mass is 1270 g/mol. The van der Waals surface area contributed by atoms with E-state index in [9.17, 15) is 9.21 Å².